The molecule has 0 saturated carbocycles. The van der Waals surface area contributed by atoms with Gasteiger partial charge in [0.05, 0.1) is 52.6 Å². The van der Waals surface area contributed by atoms with E-state index in [1.165, 1.54) is 10.8 Å². The molecule has 1 spiro atoms. The average Bonchev–Trinajstić information content (AvgIpc) is 3.53. The molecule has 1 fully saturated rings. The lowest BCUT2D eigenvalue weighted by atomic mass is 9.82. The van der Waals surface area contributed by atoms with Crippen molar-refractivity contribution in [3.8, 4) is 5.75 Å². The minimum atomic E-state index is -2.43. The van der Waals surface area contributed by atoms with E-state index in [4.69, 9.17) is 9.47 Å². The topological polar surface area (TPSA) is 79.3 Å². The number of carbonyl (C=O) groups excluding carboxylic acids is 2. The third-order valence-electron chi connectivity index (χ3n) is 11.2. The van der Waals surface area contributed by atoms with Gasteiger partial charge in [-0.1, -0.05) is 91.9 Å². The van der Waals surface area contributed by atoms with Crippen molar-refractivity contribution in [2.24, 2.45) is 5.92 Å². The van der Waals surface area contributed by atoms with Gasteiger partial charge in [-0.25, -0.2) is 0 Å². The highest BCUT2D eigenvalue weighted by Gasteiger charge is 2.66. The maximum atomic E-state index is 15.0. The van der Waals surface area contributed by atoms with Crippen LogP contribution in [0.1, 0.15) is 35.6 Å². The molecular weight excluding hydrogens is 743 g/mol. The molecule has 5 atom stereocenters. The molecule has 254 valence electrons. The number of ether oxygens (including phenoxy) is 2. The van der Waals surface area contributed by atoms with Crippen LogP contribution in [-0.4, -0.2) is 55.8 Å². The molecule has 0 aromatic heterocycles. The number of anilines is 1. The van der Waals surface area contributed by atoms with Crippen LogP contribution < -0.4 is 14.8 Å². The summed E-state index contributed by atoms with van der Waals surface area (Å²) in [5, 5.41) is 11.6. The Labute approximate surface area is 303 Å². The number of rotatable bonds is 8. The van der Waals surface area contributed by atoms with Crippen LogP contribution in [0.2, 0.25) is 18.6 Å². The third kappa shape index (κ3) is 5.82. The number of methoxy groups -OCH3 is 1. The highest BCUT2D eigenvalue weighted by atomic mass is 127. The smallest absolute Gasteiger partial charge is 0.264 e. The maximum Gasteiger partial charge on any atom is 0.264 e. The highest BCUT2D eigenvalue weighted by Crippen LogP contribution is 2.60. The molecule has 3 aliphatic heterocycles. The van der Waals surface area contributed by atoms with Crippen LogP contribution in [0.15, 0.2) is 97.1 Å². The van der Waals surface area contributed by atoms with Gasteiger partial charge in [0.2, 0.25) is 5.91 Å². The Morgan fingerprint density at radius 2 is 1.69 bits per heavy atom. The van der Waals surface area contributed by atoms with Gasteiger partial charge in [0, 0.05) is 21.6 Å². The summed E-state index contributed by atoms with van der Waals surface area (Å²) in [4.78, 5) is 33.2. The fourth-order valence-electron chi connectivity index (χ4n) is 8.74. The van der Waals surface area contributed by atoms with Gasteiger partial charge < -0.3 is 24.4 Å². The Morgan fingerprint density at radius 3 is 2.39 bits per heavy atom. The van der Waals surface area contributed by atoms with Crippen LogP contribution in [0.5, 0.6) is 5.75 Å². The lowest BCUT2D eigenvalue weighted by molar-refractivity contribution is -0.151. The second-order valence-electron chi connectivity index (χ2n) is 14.2. The molecule has 0 unspecified atom stereocenters. The van der Waals surface area contributed by atoms with E-state index in [1.807, 2.05) is 76.5 Å². The number of amides is 2. The molecule has 3 aliphatic rings. The molecule has 0 aliphatic carbocycles. The zero-order valence-corrected chi connectivity index (χ0v) is 31.6. The van der Waals surface area contributed by atoms with Crippen molar-refractivity contribution in [1.29, 1.82) is 0 Å². The first kappa shape index (κ1) is 34.0. The summed E-state index contributed by atoms with van der Waals surface area (Å²) >= 11 is 2.31. The quantitative estimate of drug-likeness (QED) is 0.165. The number of aliphatic hydroxyl groups excluding tert-OH is 1. The van der Waals surface area contributed by atoms with Crippen molar-refractivity contribution < 1.29 is 24.2 Å². The number of halogens is 1. The largest absolute Gasteiger partial charge is 0.497 e. The fourth-order valence-corrected chi connectivity index (χ4v) is 13.2. The molecule has 1 N–H and O–H groups in total. The molecule has 4 aromatic rings. The summed E-state index contributed by atoms with van der Waals surface area (Å²) in [5.41, 5.74) is 3.76. The Bertz CT molecular complexity index is 1870. The predicted molar refractivity (Wildman–Crippen MR) is 203 cm³/mol. The van der Waals surface area contributed by atoms with Gasteiger partial charge >= 0.3 is 0 Å². The van der Waals surface area contributed by atoms with Crippen LogP contribution in [-0.2, 0) is 39.4 Å². The number of fused-ring (bicyclic) bond motifs is 3. The van der Waals surface area contributed by atoms with Crippen molar-refractivity contribution in [2.75, 3.05) is 18.6 Å². The number of benzene rings is 4. The first-order chi connectivity index (χ1) is 23.6. The first-order valence-electron chi connectivity index (χ1n) is 17.0. The molecule has 49 heavy (non-hydrogen) atoms. The van der Waals surface area contributed by atoms with Crippen molar-refractivity contribution in [1.82, 2.24) is 4.90 Å². The normalized spacial score (nSPS) is 24.7. The van der Waals surface area contributed by atoms with Crippen molar-refractivity contribution >= 4 is 53.4 Å². The summed E-state index contributed by atoms with van der Waals surface area (Å²) in [5.74, 6) is 0.455. The Hall–Kier alpha value is -3.51. The molecular formula is C40H43IN2O5Si. The van der Waals surface area contributed by atoms with Crippen molar-refractivity contribution in [3.63, 3.8) is 0 Å². The van der Waals surface area contributed by atoms with Gasteiger partial charge in [-0.3, -0.25) is 9.59 Å². The van der Waals surface area contributed by atoms with E-state index < -0.39 is 19.8 Å². The van der Waals surface area contributed by atoms with Crippen LogP contribution >= 0.6 is 22.6 Å². The SMILES string of the molecule is COc1ccc([Si](C)(C)[C@@H]2[C@@H](CC(=O)N3Cc4ccccc4C[C@H]3CO)O[C@]3(C(=O)N(Cc4ccccc4)c4ccc(I)cc43)[C@H]2C)cc1. The van der Waals surface area contributed by atoms with E-state index in [-0.39, 0.29) is 42.3 Å². The summed E-state index contributed by atoms with van der Waals surface area (Å²) in [7, 11) is -0.768. The molecule has 2 amide bonds. The summed E-state index contributed by atoms with van der Waals surface area (Å²) in [6.45, 7) is 7.60. The number of aliphatic hydroxyl groups is 1. The number of hydrogen-bond acceptors (Lipinski definition) is 5. The van der Waals surface area contributed by atoms with Crippen LogP contribution in [0, 0.1) is 9.49 Å². The molecule has 9 heteroatoms. The van der Waals surface area contributed by atoms with Crippen LogP contribution in [0.25, 0.3) is 0 Å². The van der Waals surface area contributed by atoms with Gasteiger partial charge in [0.25, 0.3) is 5.91 Å². The summed E-state index contributed by atoms with van der Waals surface area (Å²) < 4.78 is 13.8. The van der Waals surface area contributed by atoms with Gasteiger partial charge in [-0.15, -0.1) is 0 Å². The van der Waals surface area contributed by atoms with E-state index in [2.05, 4.69) is 72.9 Å². The zero-order chi connectivity index (χ0) is 34.5. The average molecular weight is 787 g/mol. The molecule has 3 heterocycles. The molecule has 1 saturated heterocycles. The third-order valence-corrected chi connectivity index (χ3v) is 16.3. The second kappa shape index (κ2) is 13.3. The van der Waals surface area contributed by atoms with Crippen molar-refractivity contribution in [3.05, 3.63) is 123 Å². The number of carbonyl (C=O) groups is 2. The zero-order valence-electron chi connectivity index (χ0n) is 28.4. The second-order valence-corrected chi connectivity index (χ2v) is 20.2. The highest BCUT2D eigenvalue weighted by molar-refractivity contribution is 14.1. The lowest BCUT2D eigenvalue weighted by Gasteiger charge is -2.39. The first-order valence-corrected chi connectivity index (χ1v) is 21.2. The summed E-state index contributed by atoms with van der Waals surface area (Å²) in [6.07, 6.45) is 0.236. The number of hydrogen-bond donors (Lipinski definition) is 1. The summed E-state index contributed by atoms with van der Waals surface area (Å²) in [6, 6.07) is 32.4. The minimum Gasteiger partial charge on any atom is -0.497 e. The Balaban J connectivity index is 1.30. The standard InChI is InChI=1S/C40H43IN2O5Si/c1-26-38(49(3,4)33-17-15-32(47-2)16-18-33)36(22-37(45)42-24-29-13-9-8-12-28(29)20-31(42)25-44)48-40(26)34-21-30(41)14-19-35(34)43(39(40)46)23-27-10-6-5-7-11-27/h5-19,21,26,31,36,38,44H,20,22-25H2,1-4H3/t26-,31-,36+,38-,40+/m0/s1. The molecule has 7 nitrogen and oxygen atoms in total. The molecule has 4 aromatic carbocycles. The maximum absolute atomic E-state index is 15.0. The Kier molecular flexibility index (Phi) is 9.23. The van der Waals surface area contributed by atoms with E-state index in [0.717, 1.165) is 31.7 Å². The van der Waals surface area contributed by atoms with Crippen LogP contribution in [0.3, 0.4) is 0 Å². The fraction of sp³-hybridized carbons (Fsp3) is 0.350. The van der Waals surface area contributed by atoms with E-state index in [9.17, 15) is 9.90 Å². The Morgan fingerprint density at radius 1 is 1.00 bits per heavy atom. The molecule has 0 radical (unpaired) electrons. The van der Waals surface area contributed by atoms with Gasteiger partial charge in [-0.05, 0) is 81.6 Å². The number of nitrogens with zero attached hydrogens (tertiary/aromatic N) is 2. The monoisotopic (exact) mass is 786 g/mol. The molecule has 7 rings (SSSR count). The van der Waals surface area contributed by atoms with E-state index in [0.29, 0.717) is 19.5 Å². The molecule has 0 bridgehead atoms. The van der Waals surface area contributed by atoms with Crippen molar-refractivity contribution in [2.45, 2.75) is 69.2 Å². The minimum absolute atomic E-state index is 0.0539. The van der Waals surface area contributed by atoms with Crippen LogP contribution in [0.4, 0.5) is 5.69 Å². The van der Waals surface area contributed by atoms with Gasteiger partial charge in [0.15, 0.2) is 5.60 Å². The van der Waals surface area contributed by atoms with Gasteiger partial charge in [0.1, 0.15) is 5.75 Å². The predicted octanol–water partition coefficient (Wildman–Crippen LogP) is 6.40. The van der Waals surface area contributed by atoms with E-state index in [1.54, 1.807) is 7.11 Å². The van der Waals surface area contributed by atoms with E-state index >= 15 is 4.79 Å². The lowest BCUT2D eigenvalue weighted by Crippen LogP contribution is -2.52. The van der Waals surface area contributed by atoms with Gasteiger partial charge in [-0.2, -0.15) is 0 Å².